The lowest BCUT2D eigenvalue weighted by Crippen LogP contribution is -2.54. The van der Waals surface area contributed by atoms with Gasteiger partial charge in [0.15, 0.2) is 5.69 Å². The van der Waals surface area contributed by atoms with Crippen LogP contribution in [0.15, 0.2) is 79.4 Å². The number of carbonyl (C=O) groups excluding carboxylic acids is 1. The van der Waals surface area contributed by atoms with E-state index >= 15 is 0 Å². The van der Waals surface area contributed by atoms with E-state index in [4.69, 9.17) is 4.74 Å². The molecule has 2 aliphatic rings. The first-order chi connectivity index (χ1) is 20.8. The zero-order chi connectivity index (χ0) is 30.0. The Morgan fingerprint density at radius 1 is 1.07 bits per heavy atom. The maximum Gasteiger partial charge on any atom is 0.433 e. The molecular formula is C31H32F3N7O2. The van der Waals surface area contributed by atoms with Gasteiger partial charge in [0.2, 0.25) is 11.9 Å². The van der Waals surface area contributed by atoms with Crippen LogP contribution in [0.2, 0.25) is 0 Å². The molecule has 0 radical (unpaired) electrons. The van der Waals surface area contributed by atoms with Crippen molar-refractivity contribution in [1.82, 2.24) is 29.7 Å². The molecule has 12 heteroatoms. The van der Waals surface area contributed by atoms with Crippen molar-refractivity contribution in [3.05, 3.63) is 96.2 Å². The van der Waals surface area contributed by atoms with Gasteiger partial charge in [0, 0.05) is 63.0 Å². The summed E-state index contributed by atoms with van der Waals surface area (Å²) >= 11 is 0. The molecule has 43 heavy (non-hydrogen) atoms. The summed E-state index contributed by atoms with van der Waals surface area (Å²) in [4.78, 5) is 29.5. The van der Waals surface area contributed by atoms with Crippen molar-refractivity contribution < 1.29 is 22.7 Å². The third-order valence-corrected chi connectivity index (χ3v) is 7.94. The van der Waals surface area contributed by atoms with Gasteiger partial charge in [-0.05, 0) is 29.7 Å². The molecule has 1 aliphatic heterocycles. The number of nitrogens with zero attached hydrogens (tertiary/aromatic N) is 6. The number of benzene rings is 2. The Morgan fingerprint density at radius 2 is 1.86 bits per heavy atom. The smallest absolute Gasteiger partial charge is 0.433 e. The highest BCUT2D eigenvalue weighted by Crippen LogP contribution is 2.40. The van der Waals surface area contributed by atoms with Crippen LogP contribution < -0.4 is 15.0 Å². The fraction of sp³-hybridized carbons (Fsp3) is 0.355. The van der Waals surface area contributed by atoms with Crippen molar-refractivity contribution in [3.63, 3.8) is 0 Å². The van der Waals surface area contributed by atoms with Crippen molar-refractivity contribution in [2.45, 2.75) is 43.6 Å². The molecule has 1 aliphatic carbocycles. The van der Waals surface area contributed by atoms with Gasteiger partial charge in [-0.25, -0.2) is 9.97 Å². The van der Waals surface area contributed by atoms with Gasteiger partial charge in [-0.1, -0.05) is 42.5 Å². The van der Waals surface area contributed by atoms with Gasteiger partial charge in [-0.15, -0.1) is 0 Å². The number of alkyl halides is 3. The van der Waals surface area contributed by atoms with Crippen LogP contribution in [0.4, 0.5) is 19.0 Å². The molecule has 3 unspecified atom stereocenters. The van der Waals surface area contributed by atoms with Crippen LogP contribution in [0.3, 0.4) is 0 Å². The van der Waals surface area contributed by atoms with Crippen LogP contribution in [0.25, 0.3) is 5.95 Å². The first-order valence-corrected chi connectivity index (χ1v) is 14.2. The van der Waals surface area contributed by atoms with Crippen LogP contribution in [0.1, 0.15) is 35.6 Å². The predicted molar refractivity (Wildman–Crippen MR) is 154 cm³/mol. The Morgan fingerprint density at radius 3 is 2.56 bits per heavy atom. The standard InChI is InChI=1S/C31H32F3N7O2/c1-43-24-9-7-21(8-10-24)18-39-13-14-41(28-17-27(31(32,33)34)37-30(38-28)40-12-11-35-20-40)23(19-39)15-29(42)36-26-16-25(26)22-5-3-2-4-6-22/h2-12,17,20,23,25-26H,13-16,18-19H2,1H3,(H,36,42). The van der Waals surface area contributed by atoms with Crippen molar-refractivity contribution in [1.29, 1.82) is 0 Å². The number of methoxy groups -OCH3 is 1. The van der Waals surface area contributed by atoms with Crippen LogP contribution in [-0.2, 0) is 17.5 Å². The lowest BCUT2D eigenvalue weighted by Gasteiger charge is -2.42. The molecule has 1 N–H and O–H groups in total. The van der Waals surface area contributed by atoms with E-state index in [0.29, 0.717) is 26.2 Å². The predicted octanol–water partition coefficient (Wildman–Crippen LogP) is 4.44. The number of nitrogens with one attached hydrogen (secondary N) is 1. The summed E-state index contributed by atoms with van der Waals surface area (Å²) in [7, 11) is 1.61. The van der Waals surface area contributed by atoms with Gasteiger partial charge >= 0.3 is 6.18 Å². The molecule has 2 aromatic carbocycles. The molecule has 1 saturated heterocycles. The third kappa shape index (κ3) is 6.80. The molecule has 224 valence electrons. The van der Waals surface area contributed by atoms with Gasteiger partial charge in [0.1, 0.15) is 17.9 Å². The van der Waals surface area contributed by atoms with E-state index in [2.05, 4.69) is 37.3 Å². The van der Waals surface area contributed by atoms with Crippen molar-refractivity contribution in [3.8, 4) is 11.7 Å². The van der Waals surface area contributed by atoms with E-state index in [-0.39, 0.29) is 36.1 Å². The average molecular weight is 592 g/mol. The minimum absolute atomic E-state index is 0.0473. The average Bonchev–Trinajstić information content (AvgIpc) is 3.53. The second-order valence-corrected chi connectivity index (χ2v) is 10.9. The number of ether oxygens (including phenoxy) is 1. The molecule has 3 atom stereocenters. The van der Waals surface area contributed by atoms with Gasteiger partial charge in [0.25, 0.3) is 0 Å². The second-order valence-electron chi connectivity index (χ2n) is 10.9. The van der Waals surface area contributed by atoms with Gasteiger partial charge in [0.05, 0.1) is 13.2 Å². The van der Waals surface area contributed by atoms with E-state index in [1.54, 1.807) is 7.11 Å². The number of halogens is 3. The minimum Gasteiger partial charge on any atom is -0.497 e. The normalized spacial score (nSPS) is 20.6. The Labute approximate surface area is 247 Å². The fourth-order valence-electron chi connectivity index (χ4n) is 5.64. The van der Waals surface area contributed by atoms with Crippen molar-refractivity contribution >= 4 is 11.7 Å². The molecule has 3 heterocycles. The number of anilines is 1. The summed E-state index contributed by atoms with van der Waals surface area (Å²) in [5.74, 6) is 0.893. The van der Waals surface area contributed by atoms with Crippen LogP contribution in [-0.4, -0.2) is 69.2 Å². The SMILES string of the molecule is COc1ccc(CN2CCN(c3cc(C(F)(F)F)nc(-n4ccnc4)n3)C(CC(=O)NC3CC3c3ccccc3)C2)cc1. The summed E-state index contributed by atoms with van der Waals surface area (Å²) in [5.41, 5.74) is 1.21. The summed E-state index contributed by atoms with van der Waals surface area (Å²) in [6, 6.07) is 18.4. The molecule has 9 nitrogen and oxygen atoms in total. The molecule has 2 aromatic heterocycles. The maximum atomic E-state index is 13.9. The molecule has 0 spiro atoms. The van der Waals surface area contributed by atoms with Gasteiger partial charge < -0.3 is 15.0 Å². The Bertz CT molecular complexity index is 1530. The molecule has 1 saturated carbocycles. The largest absolute Gasteiger partial charge is 0.497 e. The first-order valence-electron chi connectivity index (χ1n) is 14.2. The number of aromatic nitrogens is 4. The number of rotatable bonds is 9. The lowest BCUT2D eigenvalue weighted by atomic mass is 10.1. The topological polar surface area (TPSA) is 88.4 Å². The number of amides is 1. The molecule has 4 aromatic rings. The summed E-state index contributed by atoms with van der Waals surface area (Å²) < 4.78 is 48.4. The first kappa shape index (κ1) is 28.7. The van der Waals surface area contributed by atoms with Gasteiger partial charge in [-0.3, -0.25) is 14.3 Å². The number of hydrogen-bond acceptors (Lipinski definition) is 7. The van der Waals surface area contributed by atoms with Crippen molar-refractivity contribution in [2.75, 3.05) is 31.6 Å². The van der Waals surface area contributed by atoms with Crippen LogP contribution in [0.5, 0.6) is 5.75 Å². The number of hydrogen-bond donors (Lipinski definition) is 1. The molecule has 1 amide bonds. The zero-order valence-corrected chi connectivity index (χ0v) is 23.6. The van der Waals surface area contributed by atoms with E-state index in [1.807, 2.05) is 47.4 Å². The third-order valence-electron chi connectivity index (χ3n) is 7.94. The Balaban J connectivity index is 1.24. The quantitative estimate of drug-likeness (QED) is 0.308. The van der Waals surface area contributed by atoms with Gasteiger partial charge in [-0.2, -0.15) is 18.2 Å². The summed E-state index contributed by atoms with van der Waals surface area (Å²) in [5, 5.41) is 3.15. The Kier molecular flexibility index (Phi) is 8.02. The van der Waals surface area contributed by atoms with Crippen molar-refractivity contribution in [2.24, 2.45) is 0 Å². The maximum absolute atomic E-state index is 13.9. The minimum atomic E-state index is -4.67. The fourth-order valence-corrected chi connectivity index (χ4v) is 5.64. The highest BCUT2D eigenvalue weighted by molar-refractivity contribution is 5.78. The molecule has 6 rings (SSSR count). The summed E-state index contributed by atoms with van der Waals surface area (Å²) in [6.45, 7) is 2.07. The Hall–Kier alpha value is -4.45. The van der Waals surface area contributed by atoms with Crippen LogP contribution in [0, 0.1) is 0 Å². The molecular weight excluding hydrogens is 559 g/mol. The van der Waals surface area contributed by atoms with Crippen LogP contribution >= 0.6 is 0 Å². The van der Waals surface area contributed by atoms with E-state index in [1.165, 1.54) is 28.9 Å². The van der Waals surface area contributed by atoms with E-state index in [0.717, 1.165) is 23.8 Å². The highest BCUT2D eigenvalue weighted by atomic mass is 19.4. The molecule has 2 fully saturated rings. The molecule has 0 bridgehead atoms. The number of imidazole rings is 1. The zero-order valence-electron chi connectivity index (χ0n) is 23.6. The monoisotopic (exact) mass is 591 g/mol. The summed E-state index contributed by atoms with van der Waals surface area (Å²) in [6.07, 6.45) is 0.612. The highest BCUT2D eigenvalue weighted by Gasteiger charge is 2.41. The lowest BCUT2D eigenvalue weighted by molar-refractivity contribution is -0.141. The number of piperazine rings is 1. The van der Waals surface area contributed by atoms with E-state index in [9.17, 15) is 18.0 Å². The number of carbonyl (C=O) groups is 1. The second kappa shape index (κ2) is 12.0. The van der Waals surface area contributed by atoms with E-state index < -0.39 is 17.9 Å².